The number of imide groups is 1. The number of ether oxygens (including phenoxy) is 2. The number of nitrogens with one attached hydrogen (secondary N) is 1. The second-order valence-electron chi connectivity index (χ2n) is 12.4. The molecule has 2 fully saturated rings. The molecule has 3 N–H and O–H groups in total. The number of benzene rings is 1. The molecule has 3 rings (SSSR count). The molecule has 0 saturated carbocycles. The van der Waals surface area contributed by atoms with Gasteiger partial charge in [0.25, 0.3) is 17.7 Å². The van der Waals surface area contributed by atoms with Crippen molar-refractivity contribution in [3.8, 4) is 0 Å². The minimum Gasteiger partial charge on any atom is -0.422 e. The summed E-state index contributed by atoms with van der Waals surface area (Å²) in [6, 6.07) is 3.38. The van der Waals surface area contributed by atoms with Crippen LogP contribution in [0.1, 0.15) is 74.6 Å². The summed E-state index contributed by atoms with van der Waals surface area (Å²) < 4.78 is 81.9. The lowest BCUT2D eigenvalue weighted by Gasteiger charge is -2.42. The normalized spacial score (nSPS) is 20.2. The maximum Gasteiger partial charge on any atom is 0.461 e. The summed E-state index contributed by atoms with van der Waals surface area (Å²) >= 11 is 0. The van der Waals surface area contributed by atoms with Crippen molar-refractivity contribution in [1.29, 1.82) is 0 Å². The van der Waals surface area contributed by atoms with Crippen LogP contribution in [-0.2, 0) is 23.9 Å². The van der Waals surface area contributed by atoms with Crippen molar-refractivity contribution in [3.05, 3.63) is 46.8 Å². The molecule has 2 atom stereocenters. The lowest BCUT2D eigenvalue weighted by Crippen LogP contribution is -2.69. The van der Waals surface area contributed by atoms with Crippen LogP contribution in [0.25, 0.3) is 0 Å². The van der Waals surface area contributed by atoms with Gasteiger partial charge in [-0.1, -0.05) is 27.7 Å². The molecule has 1 aromatic rings. The van der Waals surface area contributed by atoms with E-state index in [9.17, 15) is 37.1 Å². The Morgan fingerprint density at radius 3 is 1.98 bits per heavy atom. The van der Waals surface area contributed by atoms with Gasteiger partial charge in [-0.25, -0.2) is 4.90 Å². The number of halogens is 5. The highest BCUT2D eigenvalue weighted by atomic mass is 19.4. The van der Waals surface area contributed by atoms with Crippen molar-refractivity contribution < 1.29 is 55.4 Å². The van der Waals surface area contributed by atoms with Crippen molar-refractivity contribution in [2.75, 3.05) is 32.8 Å². The molecule has 2 aliphatic heterocycles. The Hall–Kier alpha value is -3.76. The first-order valence-corrected chi connectivity index (χ1v) is 15.6. The van der Waals surface area contributed by atoms with Crippen molar-refractivity contribution in [3.63, 3.8) is 0 Å². The van der Waals surface area contributed by atoms with Crippen molar-refractivity contribution >= 4 is 29.5 Å². The number of carbonyl (C=O) groups is 5. The summed E-state index contributed by atoms with van der Waals surface area (Å²) in [5.41, 5.74) is 2.29. The van der Waals surface area contributed by atoms with Crippen LogP contribution in [0, 0.1) is 11.8 Å². The van der Waals surface area contributed by atoms with Crippen LogP contribution in [0.3, 0.4) is 0 Å². The Labute approximate surface area is 274 Å². The van der Waals surface area contributed by atoms with Crippen LogP contribution in [0.2, 0.25) is 0 Å². The van der Waals surface area contributed by atoms with E-state index in [1.807, 2.05) is 0 Å². The molecule has 1 unspecified atom stereocenters. The van der Waals surface area contributed by atoms with Gasteiger partial charge in [-0.05, 0) is 61.9 Å². The summed E-state index contributed by atoms with van der Waals surface area (Å²) in [7, 11) is 0. The van der Waals surface area contributed by atoms with Crippen molar-refractivity contribution in [1.82, 2.24) is 15.1 Å². The zero-order valence-electron chi connectivity index (χ0n) is 27.4. The number of alkyl halides is 5. The minimum atomic E-state index is -6.33. The van der Waals surface area contributed by atoms with E-state index in [0.29, 0.717) is 39.6 Å². The molecule has 0 radical (unpaired) electrons. The molecule has 266 valence electrons. The Morgan fingerprint density at radius 1 is 0.958 bits per heavy atom. The number of hydrogen-bond donors (Lipinski definition) is 2. The van der Waals surface area contributed by atoms with Crippen LogP contribution in [0.5, 0.6) is 0 Å². The topological polar surface area (TPSA) is 148 Å². The first-order valence-electron chi connectivity index (χ1n) is 15.6. The van der Waals surface area contributed by atoms with Crippen LogP contribution >= 0.6 is 0 Å². The molecule has 11 nitrogen and oxygen atoms in total. The summed E-state index contributed by atoms with van der Waals surface area (Å²) in [6.07, 6.45) is -5.87. The number of carbonyl (C=O) groups excluding carboxylic acids is 5. The third-order valence-corrected chi connectivity index (χ3v) is 8.20. The first kappa shape index (κ1) is 38.7. The summed E-state index contributed by atoms with van der Waals surface area (Å²) in [6.45, 7) is 7.28. The van der Waals surface area contributed by atoms with Crippen molar-refractivity contribution in [2.45, 2.75) is 77.6 Å². The van der Waals surface area contributed by atoms with E-state index in [4.69, 9.17) is 10.5 Å². The quantitative estimate of drug-likeness (QED) is 0.123. The van der Waals surface area contributed by atoms with Crippen LogP contribution in [0.4, 0.5) is 22.0 Å². The summed E-state index contributed by atoms with van der Waals surface area (Å²) in [5.74, 6) is -15.9. The first-order chi connectivity index (χ1) is 22.3. The Balaban J connectivity index is 2.32. The second kappa shape index (κ2) is 15.2. The van der Waals surface area contributed by atoms with Gasteiger partial charge in [0.05, 0.1) is 25.0 Å². The van der Waals surface area contributed by atoms with Gasteiger partial charge in [0.1, 0.15) is 0 Å². The number of amides is 3. The standard InChI is InChI=1S/C32H41F5N4O7/c1-18(2)23(38)25(43)30(12-6-7-13-39-30)29(46)41(24(19(3)4)26(48-20(5)42)31(33,34)32(35,36)37)28(45)22-10-8-21(9-11-22)27(44)40-14-16-47-17-15-40/h8-11,18-19,23,39H,6-7,12-17,38H2,1-5H3/b26-24+/t23-,30?/m0/s1. The zero-order valence-corrected chi connectivity index (χ0v) is 27.4. The van der Waals surface area contributed by atoms with Crippen LogP contribution < -0.4 is 11.1 Å². The fraction of sp³-hybridized carbons (Fsp3) is 0.594. The molecule has 3 amide bonds. The SMILES string of the molecule is CC(=O)O/C(=C(\C(C)C)N(C(=O)c1ccc(C(=O)N2CCOCC2)cc1)C(=O)C1(C(=O)[C@@H](N)C(C)C)CCCCN1)C(F)(F)C(F)(F)F. The number of esters is 1. The average Bonchev–Trinajstić information content (AvgIpc) is 3.04. The molecule has 0 spiro atoms. The van der Waals surface area contributed by atoms with Gasteiger partial charge >= 0.3 is 18.1 Å². The Bertz CT molecular complexity index is 1410. The Morgan fingerprint density at radius 2 is 1.52 bits per heavy atom. The monoisotopic (exact) mass is 688 g/mol. The number of nitrogens with zero attached hydrogens (tertiary/aromatic N) is 2. The van der Waals surface area contributed by atoms with Gasteiger partial charge in [-0.3, -0.25) is 29.3 Å². The van der Waals surface area contributed by atoms with Gasteiger partial charge in [-0.15, -0.1) is 0 Å². The van der Waals surface area contributed by atoms with E-state index in [1.165, 1.54) is 17.0 Å². The van der Waals surface area contributed by atoms with Gasteiger partial charge in [-0.2, -0.15) is 22.0 Å². The maximum absolute atomic E-state index is 15.2. The van der Waals surface area contributed by atoms with Gasteiger partial charge < -0.3 is 20.1 Å². The largest absolute Gasteiger partial charge is 0.461 e. The lowest BCUT2D eigenvalue weighted by atomic mass is 9.78. The summed E-state index contributed by atoms with van der Waals surface area (Å²) in [5, 5.41) is 2.78. The van der Waals surface area contributed by atoms with E-state index >= 15 is 8.78 Å². The third-order valence-electron chi connectivity index (χ3n) is 8.20. The molecule has 0 aromatic heterocycles. The highest BCUT2D eigenvalue weighted by Gasteiger charge is 2.64. The van der Waals surface area contributed by atoms with Crippen LogP contribution in [-0.4, -0.2) is 95.8 Å². The predicted molar refractivity (Wildman–Crippen MR) is 161 cm³/mol. The molecule has 16 heteroatoms. The number of nitrogens with two attached hydrogens (primary N) is 1. The number of rotatable bonds is 10. The second-order valence-corrected chi connectivity index (χ2v) is 12.4. The minimum absolute atomic E-state index is 0.0545. The van der Waals surface area contributed by atoms with Crippen LogP contribution in [0.15, 0.2) is 35.7 Å². The van der Waals surface area contributed by atoms with E-state index in [0.717, 1.165) is 26.0 Å². The molecule has 0 bridgehead atoms. The smallest absolute Gasteiger partial charge is 0.422 e. The third kappa shape index (κ3) is 7.92. The van der Waals surface area contributed by atoms with E-state index in [-0.39, 0.29) is 29.8 Å². The highest BCUT2D eigenvalue weighted by Crippen LogP contribution is 2.45. The van der Waals surface area contributed by atoms with Crippen molar-refractivity contribution in [2.24, 2.45) is 17.6 Å². The number of ketones is 1. The molecule has 2 saturated heterocycles. The summed E-state index contributed by atoms with van der Waals surface area (Å²) in [4.78, 5) is 69.4. The highest BCUT2D eigenvalue weighted by molar-refractivity contribution is 6.19. The molecular weight excluding hydrogens is 647 g/mol. The number of hydrogen-bond acceptors (Lipinski definition) is 9. The van der Waals surface area contributed by atoms with E-state index in [1.54, 1.807) is 13.8 Å². The number of piperidine rings is 1. The molecule has 1 aromatic carbocycles. The fourth-order valence-electron chi connectivity index (χ4n) is 5.50. The number of allylic oxidation sites excluding steroid dienone is 2. The molecule has 48 heavy (non-hydrogen) atoms. The molecule has 2 aliphatic rings. The lowest BCUT2D eigenvalue weighted by molar-refractivity contribution is -0.276. The number of morpholine rings is 1. The zero-order chi connectivity index (χ0) is 36.2. The fourth-order valence-corrected chi connectivity index (χ4v) is 5.50. The van der Waals surface area contributed by atoms with E-state index in [2.05, 4.69) is 10.1 Å². The molecule has 2 heterocycles. The van der Waals surface area contributed by atoms with Gasteiger partial charge in [0.2, 0.25) is 5.76 Å². The maximum atomic E-state index is 15.2. The predicted octanol–water partition coefficient (Wildman–Crippen LogP) is 3.82. The average molecular weight is 689 g/mol. The van der Waals surface area contributed by atoms with Gasteiger partial charge in [0, 0.05) is 31.1 Å². The molecular formula is C32H41F5N4O7. The Kier molecular flexibility index (Phi) is 12.3. The number of Topliss-reactive ketones (excluding diaryl/α,β-unsaturated/α-hetero) is 1. The van der Waals surface area contributed by atoms with Gasteiger partial charge in [0.15, 0.2) is 11.3 Å². The van der Waals surface area contributed by atoms with E-state index < -0.39 is 82.0 Å². The molecule has 0 aliphatic carbocycles.